The van der Waals surface area contributed by atoms with Gasteiger partial charge in [-0.25, -0.2) is 4.39 Å². The Morgan fingerprint density at radius 3 is 2.67 bits per heavy atom. The summed E-state index contributed by atoms with van der Waals surface area (Å²) in [6.07, 6.45) is 0. The van der Waals surface area contributed by atoms with Crippen molar-refractivity contribution >= 4 is 28.1 Å². The highest BCUT2D eigenvalue weighted by Gasteiger charge is 2.14. The summed E-state index contributed by atoms with van der Waals surface area (Å²) in [7, 11) is 0. The van der Waals surface area contributed by atoms with Crippen LogP contribution in [0.15, 0.2) is 46.9 Å². The number of nitrogens with one attached hydrogen (secondary N) is 1. The summed E-state index contributed by atoms with van der Waals surface area (Å²) in [5.41, 5.74) is 2.49. The minimum atomic E-state index is -0.335. The molecular formula is C15H11BrFN3S. The first-order valence-corrected chi connectivity index (χ1v) is 7.47. The van der Waals surface area contributed by atoms with Crippen molar-refractivity contribution in [1.82, 2.24) is 14.8 Å². The van der Waals surface area contributed by atoms with E-state index in [4.69, 9.17) is 12.2 Å². The van der Waals surface area contributed by atoms with Gasteiger partial charge in [-0.3, -0.25) is 9.67 Å². The molecule has 1 N–H and O–H groups in total. The summed E-state index contributed by atoms with van der Waals surface area (Å²) < 4.78 is 16.5. The Kier molecular flexibility index (Phi) is 3.73. The largest absolute Gasteiger partial charge is 0.268 e. The van der Waals surface area contributed by atoms with Gasteiger partial charge in [0.15, 0.2) is 10.6 Å². The SMILES string of the molecule is Cc1cc(Br)c(F)cc1-n1c(-c2ccccc2)n[nH]c1=S. The maximum absolute atomic E-state index is 13.9. The topological polar surface area (TPSA) is 33.6 Å². The van der Waals surface area contributed by atoms with Crippen LogP contribution >= 0.6 is 28.1 Å². The van der Waals surface area contributed by atoms with Crippen molar-refractivity contribution in [3.63, 3.8) is 0 Å². The number of hydrogen-bond acceptors (Lipinski definition) is 2. The monoisotopic (exact) mass is 363 g/mol. The molecule has 3 aromatic rings. The van der Waals surface area contributed by atoms with E-state index in [0.29, 0.717) is 20.8 Å². The fraction of sp³-hybridized carbons (Fsp3) is 0.0667. The molecule has 0 saturated heterocycles. The molecule has 0 aliphatic heterocycles. The lowest BCUT2D eigenvalue weighted by Crippen LogP contribution is -2.01. The second-order valence-electron chi connectivity index (χ2n) is 4.61. The number of rotatable bonds is 2. The zero-order chi connectivity index (χ0) is 15.0. The van der Waals surface area contributed by atoms with E-state index >= 15 is 0 Å². The molecule has 6 heteroatoms. The minimum Gasteiger partial charge on any atom is -0.268 e. The standard InChI is InChI=1S/C15H11BrFN3S/c1-9-7-11(16)12(17)8-13(9)20-14(18-19-15(20)21)10-5-3-2-4-6-10/h2-8H,1H3,(H,19,21). The highest BCUT2D eigenvalue weighted by atomic mass is 79.9. The van der Waals surface area contributed by atoms with Gasteiger partial charge in [0.25, 0.3) is 0 Å². The van der Waals surface area contributed by atoms with Gasteiger partial charge in [-0.2, -0.15) is 5.10 Å². The number of aromatic nitrogens is 3. The van der Waals surface area contributed by atoms with Crippen LogP contribution in [-0.2, 0) is 0 Å². The van der Waals surface area contributed by atoms with E-state index in [-0.39, 0.29) is 5.82 Å². The molecule has 3 nitrogen and oxygen atoms in total. The summed E-state index contributed by atoms with van der Waals surface area (Å²) in [4.78, 5) is 0. The Labute approximate surface area is 134 Å². The number of halogens is 2. The van der Waals surface area contributed by atoms with Gasteiger partial charge in [-0.1, -0.05) is 30.3 Å². The maximum atomic E-state index is 13.9. The average molecular weight is 364 g/mol. The molecule has 2 aromatic carbocycles. The van der Waals surface area contributed by atoms with Gasteiger partial charge >= 0.3 is 0 Å². The van der Waals surface area contributed by atoms with E-state index in [9.17, 15) is 4.39 Å². The molecule has 1 aromatic heterocycles. The molecule has 0 fully saturated rings. The molecule has 1 heterocycles. The van der Waals surface area contributed by atoms with Crippen LogP contribution in [0.3, 0.4) is 0 Å². The first kappa shape index (κ1) is 14.2. The van der Waals surface area contributed by atoms with Crippen molar-refractivity contribution in [3.05, 3.63) is 63.1 Å². The molecular weight excluding hydrogens is 353 g/mol. The Balaban J connectivity index is 2.27. The lowest BCUT2D eigenvalue weighted by atomic mass is 10.1. The summed E-state index contributed by atoms with van der Waals surface area (Å²) in [5, 5.41) is 7.04. The van der Waals surface area contributed by atoms with Crippen LogP contribution in [0.2, 0.25) is 0 Å². The van der Waals surface area contributed by atoms with Crippen molar-refractivity contribution in [2.45, 2.75) is 6.92 Å². The molecule has 3 rings (SSSR count). The van der Waals surface area contributed by atoms with Crippen LogP contribution in [0.4, 0.5) is 4.39 Å². The number of nitrogens with zero attached hydrogens (tertiary/aromatic N) is 2. The fourth-order valence-electron chi connectivity index (χ4n) is 2.18. The molecule has 0 atom stereocenters. The summed E-state index contributed by atoms with van der Waals surface area (Å²) >= 11 is 8.49. The van der Waals surface area contributed by atoms with Gasteiger partial charge in [0.2, 0.25) is 0 Å². The fourth-order valence-corrected chi connectivity index (χ4v) is 2.87. The van der Waals surface area contributed by atoms with Gasteiger partial charge in [-0.15, -0.1) is 0 Å². The third-order valence-corrected chi connectivity index (χ3v) is 4.07. The Morgan fingerprint density at radius 1 is 1.24 bits per heavy atom. The van der Waals surface area contributed by atoms with E-state index in [0.717, 1.165) is 11.1 Å². The van der Waals surface area contributed by atoms with Crippen LogP contribution in [-0.4, -0.2) is 14.8 Å². The summed E-state index contributed by atoms with van der Waals surface area (Å²) in [6, 6.07) is 12.8. The minimum absolute atomic E-state index is 0.335. The molecule has 0 bridgehead atoms. The predicted molar refractivity (Wildman–Crippen MR) is 86.6 cm³/mol. The maximum Gasteiger partial charge on any atom is 0.200 e. The number of benzene rings is 2. The van der Waals surface area contributed by atoms with E-state index in [2.05, 4.69) is 26.1 Å². The van der Waals surface area contributed by atoms with E-state index < -0.39 is 0 Å². The van der Waals surface area contributed by atoms with E-state index in [1.165, 1.54) is 6.07 Å². The molecule has 0 radical (unpaired) electrons. The normalized spacial score (nSPS) is 10.8. The molecule has 0 spiro atoms. The molecule has 0 aliphatic rings. The van der Waals surface area contributed by atoms with Crippen molar-refractivity contribution in [1.29, 1.82) is 0 Å². The Bertz CT molecular complexity index is 855. The van der Waals surface area contributed by atoms with E-state index in [1.54, 1.807) is 10.6 Å². The smallest absolute Gasteiger partial charge is 0.200 e. The van der Waals surface area contributed by atoms with Gasteiger partial charge < -0.3 is 0 Å². The lowest BCUT2D eigenvalue weighted by Gasteiger charge is -2.11. The third-order valence-electron chi connectivity index (χ3n) is 3.18. The Morgan fingerprint density at radius 2 is 1.95 bits per heavy atom. The first-order valence-electron chi connectivity index (χ1n) is 6.27. The molecule has 21 heavy (non-hydrogen) atoms. The van der Waals surface area contributed by atoms with E-state index in [1.807, 2.05) is 37.3 Å². The zero-order valence-electron chi connectivity index (χ0n) is 11.1. The van der Waals surface area contributed by atoms with Crippen LogP contribution < -0.4 is 0 Å². The van der Waals surface area contributed by atoms with Crippen molar-refractivity contribution in [2.75, 3.05) is 0 Å². The highest BCUT2D eigenvalue weighted by molar-refractivity contribution is 9.10. The second-order valence-corrected chi connectivity index (χ2v) is 5.85. The van der Waals surface area contributed by atoms with Gasteiger partial charge in [0.05, 0.1) is 10.2 Å². The van der Waals surface area contributed by atoms with Crippen LogP contribution in [0, 0.1) is 17.5 Å². The molecule has 0 aliphatic carbocycles. The molecule has 0 amide bonds. The van der Waals surface area contributed by atoms with Crippen LogP contribution in [0.5, 0.6) is 0 Å². The van der Waals surface area contributed by atoms with Crippen molar-refractivity contribution in [3.8, 4) is 17.1 Å². The zero-order valence-corrected chi connectivity index (χ0v) is 13.5. The van der Waals surface area contributed by atoms with Crippen molar-refractivity contribution in [2.24, 2.45) is 0 Å². The lowest BCUT2D eigenvalue weighted by molar-refractivity contribution is 0.619. The number of hydrogen-bond donors (Lipinski definition) is 1. The third kappa shape index (κ3) is 2.56. The van der Waals surface area contributed by atoms with Crippen LogP contribution in [0.25, 0.3) is 17.1 Å². The molecule has 106 valence electrons. The van der Waals surface area contributed by atoms with Crippen molar-refractivity contribution < 1.29 is 4.39 Å². The Hall–Kier alpha value is -1.79. The van der Waals surface area contributed by atoms with Gasteiger partial charge in [-0.05, 0) is 52.8 Å². The average Bonchev–Trinajstić information content (AvgIpc) is 2.85. The summed E-state index contributed by atoms with van der Waals surface area (Å²) in [5.74, 6) is 0.322. The van der Waals surface area contributed by atoms with Gasteiger partial charge in [0, 0.05) is 5.56 Å². The molecule has 0 saturated carbocycles. The highest BCUT2D eigenvalue weighted by Crippen LogP contribution is 2.27. The quantitative estimate of drug-likeness (QED) is 0.663. The number of H-pyrrole nitrogens is 1. The van der Waals surface area contributed by atoms with Gasteiger partial charge in [0.1, 0.15) is 5.82 Å². The predicted octanol–water partition coefficient (Wildman–Crippen LogP) is 4.81. The van der Waals surface area contributed by atoms with Crippen LogP contribution in [0.1, 0.15) is 5.56 Å². The molecule has 0 unspecified atom stereocenters. The first-order chi connectivity index (χ1) is 10.1. The second kappa shape index (κ2) is 5.54. The summed E-state index contributed by atoms with van der Waals surface area (Å²) in [6.45, 7) is 1.91. The number of aryl methyl sites for hydroxylation is 1. The number of aromatic amines is 1.